The molecule has 13 heavy (non-hydrogen) atoms. The highest BCUT2D eigenvalue weighted by atomic mass is 16.3. The van der Waals surface area contributed by atoms with Crippen LogP contribution >= 0.6 is 0 Å². The molecule has 0 aliphatic carbocycles. The van der Waals surface area contributed by atoms with Crippen molar-refractivity contribution in [1.82, 2.24) is 0 Å². The Morgan fingerprint density at radius 3 is 2.85 bits per heavy atom. The molecule has 0 radical (unpaired) electrons. The van der Waals surface area contributed by atoms with Gasteiger partial charge in [-0.1, -0.05) is 12.2 Å². The van der Waals surface area contributed by atoms with Crippen LogP contribution in [0.1, 0.15) is 18.2 Å². The smallest absolute Gasteiger partial charge is 0.192 e. The second-order valence-corrected chi connectivity index (χ2v) is 2.38. The summed E-state index contributed by atoms with van der Waals surface area (Å²) in [6, 6.07) is 1.34. The van der Waals surface area contributed by atoms with E-state index < -0.39 is 0 Å². The molecule has 0 aliphatic rings. The summed E-state index contributed by atoms with van der Waals surface area (Å²) in [5, 5.41) is 8.54. The average molecular weight is 178 g/mol. The molecular formula is C10H10O3. The maximum atomic E-state index is 11.3. The summed E-state index contributed by atoms with van der Waals surface area (Å²) >= 11 is 0. The fraction of sp³-hybridized carbons (Fsp3) is 0.100. The van der Waals surface area contributed by atoms with Gasteiger partial charge in [-0.25, -0.2) is 0 Å². The van der Waals surface area contributed by atoms with Crippen LogP contribution in [0.15, 0.2) is 33.9 Å². The van der Waals surface area contributed by atoms with Gasteiger partial charge < -0.3 is 9.52 Å². The molecule has 1 N–H and O–H groups in total. The number of allylic oxidation sites excluding steroid dienone is 1. The molecule has 1 aromatic rings. The first kappa shape index (κ1) is 9.32. The quantitative estimate of drug-likeness (QED) is 0.706. The zero-order valence-electron chi connectivity index (χ0n) is 7.23. The van der Waals surface area contributed by atoms with Crippen molar-refractivity contribution in [2.24, 2.45) is 0 Å². The fourth-order valence-corrected chi connectivity index (χ4v) is 0.972. The maximum absolute atomic E-state index is 11.3. The number of hydrogen-bond donors (Lipinski definition) is 1. The van der Waals surface area contributed by atoms with Crippen molar-refractivity contribution in [2.45, 2.75) is 6.92 Å². The van der Waals surface area contributed by atoms with Gasteiger partial charge in [-0.3, -0.25) is 4.79 Å². The molecule has 0 fully saturated rings. The van der Waals surface area contributed by atoms with E-state index in [2.05, 4.69) is 0 Å². The topological polar surface area (TPSA) is 50.4 Å². The maximum Gasteiger partial charge on any atom is 0.192 e. The molecule has 3 heteroatoms. The summed E-state index contributed by atoms with van der Waals surface area (Å²) in [5.41, 5.74) is 0.313. The van der Waals surface area contributed by atoms with Crippen LogP contribution in [-0.2, 0) is 0 Å². The molecule has 1 heterocycles. The van der Waals surface area contributed by atoms with E-state index in [0.29, 0.717) is 11.3 Å². The number of aliphatic hydroxyl groups is 1. The molecule has 0 unspecified atom stereocenters. The van der Waals surface area contributed by atoms with Gasteiger partial charge in [0.15, 0.2) is 5.43 Å². The lowest BCUT2D eigenvalue weighted by Crippen LogP contribution is -2.03. The summed E-state index contributed by atoms with van der Waals surface area (Å²) in [4.78, 5) is 11.3. The van der Waals surface area contributed by atoms with Gasteiger partial charge in [-0.15, -0.1) is 0 Å². The van der Waals surface area contributed by atoms with Crippen molar-refractivity contribution in [3.05, 3.63) is 46.2 Å². The van der Waals surface area contributed by atoms with Crippen LogP contribution in [0, 0.1) is 0 Å². The standard InChI is InChI=1S/C10H10O3/c1-2-3-8-9(12)5-7-13-10(8)4-6-11/h2-7,11H,1H3/b3-2-,6-4+. The first-order valence-corrected chi connectivity index (χ1v) is 3.85. The van der Waals surface area contributed by atoms with Crippen LogP contribution in [0.4, 0.5) is 0 Å². The van der Waals surface area contributed by atoms with Crippen LogP contribution in [0.3, 0.4) is 0 Å². The SMILES string of the molecule is C/C=C\c1c(/C=C/O)occc1=O. The van der Waals surface area contributed by atoms with Crippen molar-refractivity contribution < 1.29 is 9.52 Å². The van der Waals surface area contributed by atoms with E-state index in [9.17, 15) is 4.79 Å². The molecule has 0 amide bonds. The predicted octanol–water partition coefficient (Wildman–Crippen LogP) is 2.20. The highest BCUT2D eigenvalue weighted by Crippen LogP contribution is 2.07. The Morgan fingerprint density at radius 2 is 2.23 bits per heavy atom. The van der Waals surface area contributed by atoms with E-state index in [-0.39, 0.29) is 5.43 Å². The Morgan fingerprint density at radius 1 is 1.46 bits per heavy atom. The summed E-state index contributed by atoms with van der Waals surface area (Å²) in [5.74, 6) is 0.355. The monoisotopic (exact) mass is 178 g/mol. The predicted molar refractivity (Wildman–Crippen MR) is 51.3 cm³/mol. The molecule has 3 nitrogen and oxygen atoms in total. The Labute approximate surface area is 75.6 Å². The van der Waals surface area contributed by atoms with Gasteiger partial charge in [0.2, 0.25) is 0 Å². The van der Waals surface area contributed by atoms with E-state index >= 15 is 0 Å². The highest BCUT2D eigenvalue weighted by Gasteiger charge is 2.01. The zero-order chi connectivity index (χ0) is 9.68. The van der Waals surface area contributed by atoms with Crippen molar-refractivity contribution in [2.75, 3.05) is 0 Å². The van der Waals surface area contributed by atoms with Crippen LogP contribution in [0.5, 0.6) is 0 Å². The molecule has 1 rings (SSSR count). The van der Waals surface area contributed by atoms with Gasteiger partial charge in [-0.05, 0) is 6.92 Å². The molecule has 0 aliphatic heterocycles. The first-order chi connectivity index (χ1) is 6.29. The molecular weight excluding hydrogens is 168 g/mol. The number of aliphatic hydroxyl groups excluding tert-OH is 1. The van der Waals surface area contributed by atoms with Gasteiger partial charge in [0.05, 0.1) is 18.1 Å². The molecule has 1 aromatic heterocycles. The van der Waals surface area contributed by atoms with Crippen molar-refractivity contribution in [3.63, 3.8) is 0 Å². The molecule has 0 bridgehead atoms. The minimum absolute atomic E-state index is 0.127. The third-order valence-corrected chi connectivity index (χ3v) is 1.50. The normalized spacial score (nSPS) is 11.5. The first-order valence-electron chi connectivity index (χ1n) is 3.85. The summed E-state index contributed by atoms with van der Waals surface area (Å²) < 4.78 is 5.03. The fourth-order valence-electron chi connectivity index (χ4n) is 0.972. The summed E-state index contributed by atoms with van der Waals surface area (Å²) in [6.45, 7) is 1.80. The second kappa shape index (κ2) is 4.30. The van der Waals surface area contributed by atoms with Crippen molar-refractivity contribution in [3.8, 4) is 0 Å². The Kier molecular flexibility index (Phi) is 3.09. The third-order valence-electron chi connectivity index (χ3n) is 1.50. The molecule has 68 valence electrons. The molecule has 0 spiro atoms. The van der Waals surface area contributed by atoms with Crippen molar-refractivity contribution in [1.29, 1.82) is 0 Å². The average Bonchev–Trinajstić information content (AvgIpc) is 2.11. The Hall–Kier alpha value is -1.77. The van der Waals surface area contributed by atoms with Gasteiger partial charge in [0.1, 0.15) is 5.76 Å². The molecule has 0 aromatic carbocycles. The van der Waals surface area contributed by atoms with E-state index in [4.69, 9.17) is 9.52 Å². The van der Waals surface area contributed by atoms with E-state index in [1.807, 2.05) is 0 Å². The zero-order valence-corrected chi connectivity index (χ0v) is 7.23. The van der Waals surface area contributed by atoms with Crippen LogP contribution < -0.4 is 5.43 Å². The second-order valence-electron chi connectivity index (χ2n) is 2.38. The Bertz CT molecular complexity index is 385. The van der Waals surface area contributed by atoms with Gasteiger partial charge in [-0.2, -0.15) is 0 Å². The van der Waals surface area contributed by atoms with Crippen molar-refractivity contribution >= 4 is 12.2 Å². The highest BCUT2D eigenvalue weighted by molar-refractivity contribution is 5.59. The van der Waals surface area contributed by atoms with Crippen LogP contribution in [0.2, 0.25) is 0 Å². The number of rotatable bonds is 2. The van der Waals surface area contributed by atoms with E-state index in [0.717, 1.165) is 6.26 Å². The van der Waals surface area contributed by atoms with Crippen LogP contribution in [0.25, 0.3) is 12.2 Å². The lowest BCUT2D eigenvalue weighted by molar-refractivity contribution is 0.473. The van der Waals surface area contributed by atoms with Gasteiger partial charge >= 0.3 is 0 Å². The van der Waals surface area contributed by atoms with E-state index in [1.54, 1.807) is 19.1 Å². The molecule has 0 atom stereocenters. The molecule has 0 saturated heterocycles. The lowest BCUT2D eigenvalue weighted by Gasteiger charge is -1.96. The van der Waals surface area contributed by atoms with Crippen LogP contribution in [-0.4, -0.2) is 5.11 Å². The summed E-state index contributed by atoms with van der Waals surface area (Å²) in [6.07, 6.45) is 6.84. The van der Waals surface area contributed by atoms with E-state index in [1.165, 1.54) is 18.4 Å². The molecule has 0 saturated carbocycles. The van der Waals surface area contributed by atoms with Gasteiger partial charge in [0, 0.05) is 12.1 Å². The van der Waals surface area contributed by atoms with Gasteiger partial charge in [0.25, 0.3) is 0 Å². The summed E-state index contributed by atoms with van der Waals surface area (Å²) in [7, 11) is 0. The Balaban J connectivity index is 3.33. The lowest BCUT2D eigenvalue weighted by atomic mass is 10.2. The number of hydrogen-bond acceptors (Lipinski definition) is 3. The minimum Gasteiger partial charge on any atom is -0.515 e. The minimum atomic E-state index is -0.127. The third kappa shape index (κ3) is 2.08. The largest absolute Gasteiger partial charge is 0.515 e.